The van der Waals surface area contributed by atoms with Crippen LogP contribution in [0.4, 0.5) is 0 Å². The predicted molar refractivity (Wildman–Crippen MR) is 72.3 cm³/mol. The van der Waals surface area contributed by atoms with Crippen molar-refractivity contribution in [3.63, 3.8) is 0 Å². The van der Waals surface area contributed by atoms with Gasteiger partial charge in [-0.25, -0.2) is 0 Å². The van der Waals surface area contributed by atoms with Gasteiger partial charge in [0.15, 0.2) is 0 Å². The molecule has 0 bridgehead atoms. The van der Waals surface area contributed by atoms with E-state index in [0.29, 0.717) is 13.1 Å². The second-order valence-electron chi connectivity index (χ2n) is 5.55. The molecule has 3 N–H and O–H groups in total. The summed E-state index contributed by atoms with van der Waals surface area (Å²) in [6, 6.07) is 0. The molecule has 0 saturated heterocycles. The van der Waals surface area contributed by atoms with Gasteiger partial charge in [0.25, 0.3) is 0 Å². The quantitative estimate of drug-likeness (QED) is 0.739. The van der Waals surface area contributed by atoms with Crippen molar-refractivity contribution in [1.82, 2.24) is 20.8 Å². The zero-order valence-corrected chi connectivity index (χ0v) is 12.0. The normalized spacial score (nSPS) is 11.2. The number of aryl methyl sites for hydroxylation is 1. The molecule has 0 fully saturated rings. The Morgan fingerprint density at radius 3 is 2.53 bits per heavy atom. The molecule has 0 spiro atoms. The van der Waals surface area contributed by atoms with E-state index in [4.69, 9.17) is 0 Å². The molecule has 0 aliphatic heterocycles. The van der Waals surface area contributed by atoms with E-state index in [2.05, 4.69) is 20.8 Å². The van der Waals surface area contributed by atoms with Crippen LogP contribution in [0.25, 0.3) is 0 Å². The molecular formula is C13H22N4O2. The van der Waals surface area contributed by atoms with Crippen LogP contribution < -0.4 is 10.6 Å². The molecule has 19 heavy (non-hydrogen) atoms. The lowest BCUT2D eigenvalue weighted by Gasteiger charge is -2.17. The van der Waals surface area contributed by atoms with Crippen LogP contribution in [0.1, 0.15) is 38.4 Å². The summed E-state index contributed by atoms with van der Waals surface area (Å²) < 4.78 is 0. The number of rotatable bonds is 5. The number of carbonyl (C=O) groups excluding carboxylic acids is 2. The van der Waals surface area contributed by atoms with Crippen LogP contribution in [0, 0.1) is 12.3 Å². The number of aromatic amines is 1. The van der Waals surface area contributed by atoms with Gasteiger partial charge in [0.05, 0.1) is 6.20 Å². The third-order valence-corrected chi connectivity index (χ3v) is 2.73. The van der Waals surface area contributed by atoms with E-state index >= 15 is 0 Å². The van der Waals surface area contributed by atoms with Crippen LogP contribution in [-0.2, 0) is 16.1 Å². The van der Waals surface area contributed by atoms with Gasteiger partial charge in [0, 0.05) is 36.2 Å². The van der Waals surface area contributed by atoms with Crippen molar-refractivity contribution in [2.75, 3.05) is 6.54 Å². The number of nitrogens with zero attached hydrogens (tertiary/aromatic N) is 1. The van der Waals surface area contributed by atoms with Crippen LogP contribution in [0.15, 0.2) is 6.20 Å². The minimum Gasteiger partial charge on any atom is -0.355 e. The van der Waals surface area contributed by atoms with Crippen LogP contribution in [-0.4, -0.2) is 28.6 Å². The van der Waals surface area contributed by atoms with Crippen molar-refractivity contribution in [3.05, 3.63) is 17.5 Å². The highest BCUT2D eigenvalue weighted by molar-refractivity contribution is 5.82. The summed E-state index contributed by atoms with van der Waals surface area (Å²) in [6.45, 7) is 8.22. The first kappa shape index (κ1) is 15.2. The molecule has 1 rings (SSSR count). The summed E-state index contributed by atoms with van der Waals surface area (Å²) in [5.41, 5.74) is 1.48. The Kier molecular flexibility index (Phi) is 5.09. The molecule has 1 aromatic rings. The largest absolute Gasteiger partial charge is 0.355 e. The summed E-state index contributed by atoms with van der Waals surface area (Å²) in [6.07, 6.45) is 1.97. The number of hydrogen-bond acceptors (Lipinski definition) is 3. The molecule has 1 aromatic heterocycles. The van der Waals surface area contributed by atoms with Gasteiger partial charge in [-0.15, -0.1) is 0 Å². The van der Waals surface area contributed by atoms with Crippen LogP contribution >= 0.6 is 0 Å². The van der Waals surface area contributed by atoms with E-state index in [0.717, 1.165) is 11.3 Å². The van der Waals surface area contributed by atoms with Crippen molar-refractivity contribution < 1.29 is 9.59 Å². The van der Waals surface area contributed by atoms with Gasteiger partial charge in [0.1, 0.15) is 0 Å². The fourth-order valence-corrected chi connectivity index (χ4v) is 1.39. The van der Waals surface area contributed by atoms with E-state index in [1.165, 1.54) is 0 Å². The van der Waals surface area contributed by atoms with Gasteiger partial charge in [-0.1, -0.05) is 20.8 Å². The zero-order valence-electron chi connectivity index (χ0n) is 12.0. The lowest BCUT2D eigenvalue weighted by molar-refractivity contribution is -0.128. The standard InChI is InChI=1S/C13H22N4O2/c1-9-10(8-16-17-9)7-15-11(18)5-6-14-12(19)13(2,3)4/h8H,5-7H2,1-4H3,(H,14,19)(H,15,18)(H,16,17). The van der Waals surface area contributed by atoms with Crippen molar-refractivity contribution in [2.24, 2.45) is 5.41 Å². The molecule has 0 aliphatic rings. The molecule has 0 atom stereocenters. The smallest absolute Gasteiger partial charge is 0.225 e. The monoisotopic (exact) mass is 266 g/mol. The minimum absolute atomic E-state index is 0.0500. The molecular weight excluding hydrogens is 244 g/mol. The molecule has 0 radical (unpaired) electrons. The molecule has 2 amide bonds. The number of nitrogens with one attached hydrogen (secondary N) is 3. The van der Waals surface area contributed by atoms with Gasteiger partial charge in [-0.3, -0.25) is 14.7 Å². The molecule has 6 nitrogen and oxygen atoms in total. The predicted octanol–water partition coefficient (Wildman–Crippen LogP) is 0.887. The molecule has 6 heteroatoms. The Balaban J connectivity index is 2.22. The maximum Gasteiger partial charge on any atom is 0.225 e. The fraction of sp³-hybridized carbons (Fsp3) is 0.615. The third-order valence-electron chi connectivity index (χ3n) is 2.73. The van der Waals surface area contributed by atoms with Crippen molar-refractivity contribution in [2.45, 2.75) is 40.7 Å². The first-order chi connectivity index (χ1) is 8.80. The minimum atomic E-state index is -0.426. The molecule has 0 saturated carbocycles. The average Bonchev–Trinajstić information content (AvgIpc) is 2.71. The molecule has 1 heterocycles. The van der Waals surface area contributed by atoms with Gasteiger partial charge in [0.2, 0.25) is 11.8 Å². The Morgan fingerprint density at radius 2 is 2.00 bits per heavy atom. The lowest BCUT2D eigenvalue weighted by atomic mass is 9.96. The highest BCUT2D eigenvalue weighted by Crippen LogP contribution is 2.12. The lowest BCUT2D eigenvalue weighted by Crippen LogP contribution is -2.37. The maximum atomic E-state index is 11.6. The zero-order chi connectivity index (χ0) is 14.5. The number of aromatic nitrogens is 2. The third kappa shape index (κ3) is 5.11. The van der Waals surface area contributed by atoms with Gasteiger partial charge in [-0.2, -0.15) is 5.10 Å². The first-order valence-corrected chi connectivity index (χ1v) is 6.34. The highest BCUT2D eigenvalue weighted by atomic mass is 16.2. The van der Waals surface area contributed by atoms with Crippen LogP contribution in [0.3, 0.4) is 0 Å². The first-order valence-electron chi connectivity index (χ1n) is 6.34. The number of H-pyrrole nitrogens is 1. The van der Waals surface area contributed by atoms with Crippen molar-refractivity contribution in [1.29, 1.82) is 0 Å². The van der Waals surface area contributed by atoms with Crippen LogP contribution in [0.2, 0.25) is 0 Å². The Labute approximate surface area is 113 Å². The van der Waals surface area contributed by atoms with E-state index in [9.17, 15) is 9.59 Å². The van der Waals surface area contributed by atoms with Crippen molar-refractivity contribution in [3.8, 4) is 0 Å². The Morgan fingerprint density at radius 1 is 1.32 bits per heavy atom. The molecule has 0 aromatic carbocycles. The summed E-state index contributed by atoms with van der Waals surface area (Å²) >= 11 is 0. The average molecular weight is 266 g/mol. The van der Waals surface area contributed by atoms with E-state index in [1.807, 2.05) is 27.7 Å². The van der Waals surface area contributed by atoms with Crippen molar-refractivity contribution >= 4 is 11.8 Å². The fourth-order valence-electron chi connectivity index (χ4n) is 1.39. The topological polar surface area (TPSA) is 86.9 Å². The number of carbonyl (C=O) groups is 2. The summed E-state index contributed by atoms with van der Waals surface area (Å²) in [5.74, 6) is -0.138. The number of hydrogen-bond donors (Lipinski definition) is 3. The van der Waals surface area contributed by atoms with Gasteiger partial charge in [-0.05, 0) is 6.92 Å². The SMILES string of the molecule is Cc1[nH]ncc1CNC(=O)CCNC(=O)C(C)(C)C. The molecule has 106 valence electrons. The van der Waals surface area contributed by atoms with E-state index in [-0.39, 0.29) is 18.2 Å². The highest BCUT2D eigenvalue weighted by Gasteiger charge is 2.20. The molecule has 0 aliphatic carbocycles. The summed E-state index contributed by atoms with van der Waals surface area (Å²) in [4.78, 5) is 23.2. The van der Waals surface area contributed by atoms with Gasteiger partial charge < -0.3 is 10.6 Å². The summed E-state index contributed by atoms with van der Waals surface area (Å²) in [7, 11) is 0. The van der Waals surface area contributed by atoms with E-state index in [1.54, 1.807) is 6.20 Å². The second-order valence-corrected chi connectivity index (χ2v) is 5.55. The molecule has 0 unspecified atom stereocenters. The van der Waals surface area contributed by atoms with Crippen LogP contribution in [0.5, 0.6) is 0 Å². The Bertz CT molecular complexity index is 446. The maximum absolute atomic E-state index is 11.6. The van der Waals surface area contributed by atoms with E-state index < -0.39 is 5.41 Å². The Hall–Kier alpha value is -1.85. The second kappa shape index (κ2) is 6.36. The number of amides is 2. The summed E-state index contributed by atoms with van der Waals surface area (Å²) in [5, 5.41) is 12.2. The van der Waals surface area contributed by atoms with Gasteiger partial charge >= 0.3 is 0 Å².